The van der Waals surface area contributed by atoms with Gasteiger partial charge in [-0.15, -0.1) is 0 Å². The van der Waals surface area contributed by atoms with E-state index in [1.807, 2.05) is 19.2 Å². The fraction of sp³-hybridized carbons (Fsp3) is 0.694. The summed E-state index contributed by atoms with van der Waals surface area (Å²) in [4.78, 5) is 15.1. The molecule has 0 aromatic heterocycles. The van der Waals surface area contributed by atoms with Crippen LogP contribution in [-0.4, -0.2) is 48.5 Å². The maximum Gasteiger partial charge on any atom is 0.310 e. The molecule has 2 aliphatic heterocycles. The van der Waals surface area contributed by atoms with Gasteiger partial charge in [-0.3, -0.25) is 9.69 Å². The van der Waals surface area contributed by atoms with E-state index in [1.54, 1.807) is 7.11 Å². The number of hydrogen-bond donors (Lipinski definition) is 1. The van der Waals surface area contributed by atoms with Crippen molar-refractivity contribution in [2.75, 3.05) is 20.7 Å². The van der Waals surface area contributed by atoms with Gasteiger partial charge in [0.1, 0.15) is 11.5 Å². The van der Waals surface area contributed by atoms with Crippen molar-refractivity contribution in [1.82, 2.24) is 4.90 Å². The molecule has 0 amide bonds. The molecule has 42 heavy (non-hydrogen) atoms. The lowest BCUT2D eigenvalue weighted by molar-refractivity contribution is -0.204. The number of hydrogen-bond acceptors (Lipinski definition) is 6. The van der Waals surface area contributed by atoms with Crippen molar-refractivity contribution in [3.05, 3.63) is 47.2 Å². The van der Waals surface area contributed by atoms with Gasteiger partial charge in [-0.05, 0) is 69.7 Å². The lowest BCUT2D eigenvalue weighted by Gasteiger charge is -2.60. The van der Waals surface area contributed by atoms with Gasteiger partial charge in [-0.1, -0.05) is 76.5 Å². The van der Waals surface area contributed by atoms with Crippen molar-refractivity contribution >= 4 is 5.97 Å². The van der Waals surface area contributed by atoms with Gasteiger partial charge in [0.25, 0.3) is 0 Å². The Hall–Kier alpha value is -2.31. The van der Waals surface area contributed by atoms with E-state index >= 15 is 0 Å². The third-order valence-electron chi connectivity index (χ3n) is 10.4. The summed E-state index contributed by atoms with van der Waals surface area (Å²) in [6.07, 6.45) is 24.8. The van der Waals surface area contributed by atoms with Crippen LogP contribution in [0.5, 0.6) is 11.5 Å². The molecule has 0 radical (unpaired) electrons. The molecular formula is C36H53NO5. The van der Waals surface area contributed by atoms with E-state index in [-0.39, 0.29) is 11.9 Å². The van der Waals surface area contributed by atoms with Gasteiger partial charge < -0.3 is 19.3 Å². The van der Waals surface area contributed by atoms with Gasteiger partial charge in [0.05, 0.1) is 12.5 Å². The Morgan fingerprint density at radius 3 is 2.45 bits per heavy atom. The number of ether oxygens (including phenoxy) is 3. The number of likely N-dealkylation sites (N-methyl/N-ethyl adjacent to an activating group) is 1. The zero-order chi connectivity index (χ0) is 29.6. The van der Waals surface area contributed by atoms with E-state index in [2.05, 4.69) is 30.0 Å². The Morgan fingerprint density at radius 1 is 1.05 bits per heavy atom. The van der Waals surface area contributed by atoms with Crippen molar-refractivity contribution in [3.8, 4) is 11.5 Å². The Balaban J connectivity index is 1.07. The van der Waals surface area contributed by atoms with Crippen molar-refractivity contribution in [1.29, 1.82) is 0 Å². The van der Waals surface area contributed by atoms with E-state index in [9.17, 15) is 9.90 Å². The topological polar surface area (TPSA) is 68.2 Å². The molecule has 0 unspecified atom stereocenters. The predicted molar refractivity (Wildman–Crippen MR) is 167 cm³/mol. The molecule has 4 atom stereocenters. The molecule has 4 aliphatic rings. The average Bonchev–Trinajstić information content (AvgIpc) is 3.34. The number of aliphatic hydroxyl groups is 1. The summed E-state index contributed by atoms with van der Waals surface area (Å²) in [5.41, 5.74) is 0.915. The van der Waals surface area contributed by atoms with E-state index < -0.39 is 17.2 Å². The summed E-state index contributed by atoms with van der Waals surface area (Å²) in [7, 11) is 3.68. The molecule has 6 nitrogen and oxygen atoms in total. The normalized spacial score (nSPS) is 27.5. The van der Waals surface area contributed by atoms with Gasteiger partial charge in [0.2, 0.25) is 0 Å². The van der Waals surface area contributed by atoms with Gasteiger partial charge in [-0.25, -0.2) is 0 Å². The fourth-order valence-corrected chi connectivity index (χ4v) is 8.11. The van der Waals surface area contributed by atoms with Gasteiger partial charge in [0, 0.05) is 30.9 Å². The number of benzene rings is 1. The lowest BCUT2D eigenvalue weighted by atomic mass is 9.51. The first-order valence-electron chi connectivity index (χ1n) is 16.8. The van der Waals surface area contributed by atoms with Gasteiger partial charge >= 0.3 is 5.97 Å². The first-order chi connectivity index (χ1) is 20.5. The van der Waals surface area contributed by atoms with Crippen LogP contribution in [0.4, 0.5) is 0 Å². The molecule has 1 N–H and O–H groups in total. The molecule has 1 fully saturated rings. The summed E-state index contributed by atoms with van der Waals surface area (Å²) in [5, 5.41) is 11.9. The molecule has 0 saturated carbocycles. The summed E-state index contributed by atoms with van der Waals surface area (Å²) >= 11 is 0. The highest BCUT2D eigenvalue weighted by atomic mass is 16.6. The maximum absolute atomic E-state index is 13.0. The van der Waals surface area contributed by atoms with Crippen molar-refractivity contribution in [2.24, 2.45) is 5.92 Å². The van der Waals surface area contributed by atoms with E-state index in [1.165, 1.54) is 57.8 Å². The highest BCUT2D eigenvalue weighted by molar-refractivity contribution is 5.71. The molecule has 2 heterocycles. The Labute approximate surface area is 253 Å². The number of carbonyl (C=O) groups excluding carboxylic acids is 1. The number of rotatable bonds is 17. The molecule has 5 rings (SSSR count). The van der Waals surface area contributed by atoms with Crippen LogP contribution in [0, 0.1) is 5.92 Å². The number of nitrogens with zero attached hydrogens (tertiary/aromatic N) is 1. The third kappa shape index (κ3) is 6.04. The molecule has 1 spiro atoms. The smallest absolute Gasteiger partial charge is 0.310 e. The summed E-state index contributed by atoms with van der Waals surface area (Å²) < 4.78 is 18.3. The maximum atomic E-state index is 13.0. The molecule has 1 saturated heterocycles. The highest BCUT2D eigenvalue weighted by Crippen LogP contribution is 2.65. The van der Waals surface area contributed by atoms with Crippen LogP contribution >= 0.6 is 0 Å². The second kappa shape index (κ2) is 14.0. The number of unbranched alkanes of at least 4 members (excludes halogenated alkanes) is 11. The monoisotopic (exact) mass is 579 g/mol. The zero-order valence-corrected chi connectivity index (χ0v) is 26.3. The Kier molecular flexibility index (Phi) is 10.4. The number of carbonyl (C=O) groups is 1. The van der Waals surface area contributed by atoms with Crippen LogP contribution in [0.1, 0.15) is 121 Å². The second-order valence-corrected chi connectivity index (χ2v) is 13.1. The standard InChI is InChI=1S/C36H53NO5/c1-4-5-6-7-8-9-10-11-12-13-14-15-16-17-18-19-31(38)41-29-22-23-30-35-24-25-37(2)36(30,39)26-27-20-21-28(40-3)33(32(27)35)42-34(29)35/h11-12,20-22,30,34,39H,4-10,13-19,23-26H2,1-3H3/b12-11-/t30-,34-,35-,36+/m0/s1. The molecule has 2 bridgehead atoms. The average molecular weight is 580 g/mol. The highest BCUT2D eigenvalue weighted by Gasteiger charge is 2.69. The fourth-order valence-electron chi connectivity index (χ4n) is 8.11. The van der Waals surface area contributed by atoms with Crippen LogP contribution in [-0.2, 0) is 21.4 Å². The number of esters is 1. The van der Waals surface area contributed by atoms with E-state index in [0.29, 0.717) is 30.8 Å². The molecule has 1 aromatic carbocycles. The van der Waals surface area contributed by atoms with Gasteiger partial charge in [-0.2, -0.15) is 0 Å². The Morgan fingerprint density at radius 2 is 1.74 bits per heavy atom. The minimum absolute atomic E-state index is 0.0255. The minimum atomic E-state index is -0.946. The summed E-state index contributed by atoms with van der Waals surface area (Å²) in [5.74, 6) is 1.88. The molecule has 6 heteroatoms. The zero-order valence-electron chi connectivity index (χ0n) is 26.3. The van der Waals surface area contributed by atoms with Crippen molar-refractivity contribution < 1.29 is 24.1 Å². The van der Waals surface area contributed by atoms with Crippen LogP contribution in [0.3, 0.4) is 0 Å². The molecule has 232 valence electrons. The number of allylic oxidation sites excluding steroid dienone is 3. The first-order valence-corrected chi connectivity index (χ1v) is 16.8. The summed E-state index contributed by atoms with van der Waals surface area (Å²) in [6, 6.07) is 4.01. The molecule has 1 aromatic rings. The van der Waals surface area contributed by atoms with Gasteiger partial charge in [0.15, 0.2) is 17.6 Å². The van der Waals surface area contributed by atoms with E-state index in [0.717, 1.165) is 55.5 Å². The molecule has 2 aliphatic carbocycles. The van der Waals surface area contributed by atoms with Crippen molar-refractivity contribution in [3.63, 3.8) is 0 Å². The number of piperidine rings is 1. The largest absolute Gasteiger partial charge is 0.493 e. The number of methoxy groups -OCH3 is 1. The van der Waals surface area contributed by atoms with Crippen LogP contribution in [0.15, 0.2) is 36.1 Å². The predicted octanol–water partition coefficient (Wildman–Crippen LogP) is 7.76. The van der Waals surface area contributed by atoms with Crippen LogP contribution < -0.4 is 9.47 Å². The van der Waals surface area contributed by atoms with Crippen molar-refractivity contribution in [2.45, 2.75) is 133 Å². The first kappa shape index (κ1) is 31.1. The Bertz CT molecular complexity index is 1140. The quantitative estimate of drug-likeness (QED) is 0.116. The van der Waals surface area contributed by atoms with Crippen LogP contribution in [0.25, 0.3) is 0 Å². The lowest BCUT2D eigenvalue weighted by Crippen LogP contribution is -2.70. The second-order valence-electron chi connectivity index (χ2n) is 13.1. The third-order valence-corrected chi connectivity index (χ3v) is 10.4. The minimum Gasteiger partial charge on any atom is -0.493 e. The molecular weight excluding hydrogens is 526 g/mol. The number of likely N-dealkylation sites (tertiary alicyclic amines) is 1. The van der Waals surface area contributed by atoms with Crippen LogP contribution in [0.2, 0.25) is 0 Å². The SMILES string of the molecule is CCCCCCCC/C=C\CCCCCCCC(=O)OC1=CC[C@H]2[C@@]34CCN(C)[C@@]2(O)Cc2ccc(OC)c(c23)O[C@@H]14. The summed E-state index contributed by atoms with van der Waals surface area (Å²) in [6.45, 7) is 3.03. The van der Waals surface area contributed by atoms with E-state index in [4.69, 9.17) is 14.2 Å².